The van der Waals surface area contributed by atoms with Crippen LogP contribution in [0.25, 0.3) is 10.9 Å². The van der Waals surface area contributed by atoms with Gasteiger partial charge in [-0.15, -0.1) is 0 Å². The highest BCUT2D eigenvalue weighted by Gasteiger charge is 2.22. The Morgan fingerprint density at radius 1 is 1.14 bits per heavy atom. The Balaban J connectivity index is 1.79. The zero-order valence-electron chi connectivity index (χ0n) is 12.5. The highest BCUT2D eigenvalue weighted by molar-refractivity contribution is 5.81. The minimum atomic E-state index is 0.255. The normalized spacial score (nSPS) is 22.2. The van der Waals surface area contributed by atoms with Gasteiger partial charge in [-0.3, -0.25) is 0 Å². The zero-order valence-corrected chi connectivity index (χ0v) is 12.5. The van der Waals surface area contributed by atoms with Gasteiger partial charge >= 0.3 is 0 Å². The first-order valence-electron chi connectivity index (χ1n) is 7.42. The molecule has 112 valence electrons. The molecule has 1 aromatic heterocycles. The molecule has 5 nitrogen and oxygen atoms in total. The molecule has 1 saturated carbocycles. The number of methoxy groups -OCH3 is 1. The van der Waals surface area contributed by atoms with E-state index in [-0.39, 0.29) is 6.10 Å². The number of hydrogen-bond acceptors (Lipinski definition) is 5. The van der Waals surface area contributed by atoms with E-state index in [1.807, 2.05) is 19.2 Å². The molecule has 0 spiro atoms. The van der Waals surface area contributed by atoms with E-state index in [9.17, 15) is 0 Å². The number of fused-ring (bicyclic) bond motifs is 1. The van der Waals surface area contributed by atoms with E-state index in [0.717, 1.165) is 48.1 Å². The van der Waals surface area contributed by atoms with Crippen LogP contribution in [-0.2, 0) is 0 Å². The number of hydrogen-bond donors (Lipinski definition) is 1. The average Bonchev–Trinajstić information content (AvgIpc) is 2.55. The topological polar surface area (TPSA) is 56.3 Å². The van der Waals surface area contributed by atoms with Crippen molar-refractivity contribution in [1.82, 2.24) is 15.3 Å². The molecule has 1 heterocycles. The van der Waals surface area contributed by atoms with E-state index < -0.39 is 0 Å². The Labute approximate surface area is 124 Å². The molecule has 0 bridgehead atoms. The van der Waals surface area contributed by atoms with E-state index in [2.05, 4.69) is 15.3 Å². The fourth-order valence-electron chi connectivity index (χ4n) is 2.89. The van der Waals surface area contributed by atoms with Crippen molar-refractivity contribution < 1.29 is 9.47 Å². The summed E-state index contributed by atoms with van der Waals surface area (Å²) in [6.07, 6.45) is 8.04. The molecule has 1 fully saturated rings. The molecule has 1 aliphatic rings. The van der Waals surface area contributed by atoms with Crippen LogP contribution in [0.15, 0.2) is 24.7 Å². The lowest BCUT2D eigenvalue weighted by Crippen LogP contribution is -2.34. The molecular formula is C16H21N3O2. The summed E-state index contributed by atoms with van der Waals surface area (Å²) in [4.78, 5) is 8.31. The zero-order chi connectivity index (χ0) is 14.7. The molecule has 0 radical (unpaired) electrons. The van der Waals surface area contributed by atoms with Crippen molar-refractivity contribution in [1.29, 1.82) is 0 Å². The maximum absolute atomic E-state index is 6.17. The molecule has 3 rings (SSSR count). The lowest BCUT2D eigenvalue weighted by atomic mass is 9.93. The highest BCUT2D eigenvalue weighted by atomic mass is 16.5. The number of ether oxygens (including phenoxy) is 2. The second-order valence-corrected chi connectivity index (χ2v) is 5.46. The van der Waals surface area contributed by atoms with E-state index in [1.54, 1.807) is 19.6 Å². The predicted octanol–water partition coefficient (Wildman–Crippen LogP) is 2.55. The van der Waals surface area contributed by atoms with Crippen LogP contribution < -0.4 is 14.8 Å². The van der Waals surface area contributed by atoms with Crippen LogP contribution >= 0.6 is 0 Å². The lowest BCUT2D eigenvalue weighted by Gasteiger charge is -2.29. The van der Waals surface area contributed by atoms with Gasteiger partial charge in [0.2, 0.25) is 0 Å². The molecule has 1 aromatic carbocycles. The summed E-state index contributed by atoms with van der Waals surface area (Å²) in [7, 11) is 3.69. The molecule has 0 amide bonds. The van der Waals surface area contributed by atoms with Gasteiger partial charge in [-0.2, -0.15) is 0 Å². The number of nitrogens with zero attached hydrogens (tertiary/aromatic N) is 2. The van der Waals surface area contributed by atoms with Gasteiger partial charge in [0.1, 0.15) is 6.33 Å². The second kappa shape index (κ2) is 6.26. The minimum Gasteiger partial charge on any atom is -0.493 e. The van der Waals surface area contributed by atoms with Crippen LogP contribution in [0, 0.1) is 0 Å². The van der Waals surface area contributed by atoms with Crippen molar-refractivity contribution in [3.63, 3.8) is 0 Å². The Morgan fingerprint density at radius 3 is 2.67 bits per heavy atom. The van der Waals surface area contributed by atoms with E-state index >= 15 is 0 Å². The lowest BCUT2D eigenvalue weighted by molar-refractivity contribution is 0.137. The van der Waals surface area contributed by atoms with Crippen LogP contribution in [0.5, 0.6) is 11.5 Å². The molecular weight excluding hydrogens is 266 g/mol. The molecule has 0 atom stereocenters. The van der Waals surface area contributed by atoms with Crippen LogP contribution in [0.2, 0.25) is 0 Å². The molecule has 1 aliphatic carbocycles. The van der Waals surface area contributed by atoms with Crippen LogP contribution in [0.1, 0.15) is 25.7 Å². The van der Waals surface area contributed by atoms with Crippen LogP contribution in [0.3, 0.4) is 0 Å². The van der Waals surface area contributed by atoms with Crippen LogP contribution in [0.4, 0.5) is 0 Å². The smallest absolute Gasteiger partial charge is 0.162 e. The van der Waals surface area contributed by atoms with Crippen molar-refractivity contribution in [3.05, 3.63) is 24.7 Å². The summed E-state index contributed by atoms with van der Waals surface area (Å²) in [5.74, 6) is 1.52. The molecule has 0 aliphatic heterocycles. The molecule has 0 saturated heterocycles. The first kappa shape index (κ1) is 14.1. The van der Waals surface area contributed by atoms with Gasteiger partial charge in [0, 0.05) is 23.7 Å². The maximum Gasteiger partial charge on any atom is 0.162 e. The first-order valence-corrected chi connectivity index (χ1v) is 7.42. The monoisotopic (exact) mass is 287 g/mol. The summed E-state index contributed by atoms with van der Waals surface area (Å²) >= 11 is 0. The van der Waals surface area contributed by atoms with Gasteiger partial charge in [-0.05, 0) is 38.8 Å². The van der Waals surface area contributed by atoms with E-state index in [1.165, 1.54) is 0 Å². The summed E-state index contributed by atoms with van der Waals surface area (Å²) in [5, 5.41) is 4.31. The second-order valence-electron chi connectivity index (χ2n) is 5.46. The van der Waals surface area contributed by atoms with Crippen molar-refractivity contribution in [3.8, 4) is 11.5 Å². The third-order valence-corrected chi connectivity index (χ3v) is 4.17. The minimum absolute atomic E-state index is 0.255. The third kappa shape index (κ3) is 3.08. The Morgan fingerprint density at radius 2 is 1.95 bits per heavy atom. The first-order chi connectivity index (χ1) is 10.3. The summed E-state index contributed by atoms with van der Waals surface area (Å²) in [6.45, 7) is 0. The number of aromatic nitrogens is 2. The quantitative estimate of drug-likeness (QED) is 0.936. The van der Waals surface area contributed by atoms with E-state index in [4.69, 9.17) is 9.47 Å². The Hall–Kier alpha value is -1.88. The van der Waals surface area contributed by atoms with E-state index in [0.29, 0.717) is 6.04 Å². The highest BCUT2D eigenvalue weighted by Crippen LogP contribution is 2.34. The average molecular weight is 287 g/mol. The van der Waals surface area contributed by atoms with Crippen LogP contribution in [-0.4, -0.2) is 36.3 Å². The third-order valence-electron chi connectivity index (χ3n) is 4.17. The number of nitrogens with one attached hydrogen (secondary N) is 1. The van der Waals surface area contributed by atoms with Gasteiger partial charge in [-0.1, -0.05) is 0 Å². The van der Waals surface area contributed by atoms with Crippen molar-refractivity contribution in [2.24, 2.45) is 0 Å². The SMILES string of the molecule is CNC1CCC(Oc2cc3cncnc3cc2OC)CC1. The van der Waals surface area contributed by atoms with Gasteiger partial charge in [-0.25, -0.2) is 9.97 Å². The Kier molecular flexibility index (Phi) is 4.20. The standard InChI is InChI=1S/C16H21N3O2/c1-17-12-3-5-13(6-4-12)21-16-7-11-9-18-10-19-14(11)8-15(16)20-2/h7-10,12-13,17H,3-6H2,1-2H3. The number of benzene rings is 1. The van der Waals surface area contributed by atoms with Crippen molar-refractivity contribution in [2.45, 2.75) is 37.8 Å². The summed E-state index contributed by atoms with van der Waals surface area (Å²) in [5.41, 5.74) is 0.869. The largest absolute Gasteiger partial charge is 0.493 e. The summed E-state index contributed by atoms with van der Waals surface area (Å²) < 4.78 is 11.6. The maximum atomic E-state index is 6.17. The predicted molar refractivity (Wildman–Crippen MR) is 81.8 cm³/mol. The van der Waals surface area contributed by atoms with Gasteiger partial charge < -0.3 is 14.8 Å². The molecule has 21 heavy (non-hydrogen) atoms. The molecule has 5 heteroatoms. The molecule has 0 unspecified atom stereocenters. The fourth-order valence-corrected chi connectivity index (χ4v) is 2.89. The molecule has 1 N–H and O–H groups in total. The number of rotatable bonds is 4. The van der Waals surface area contributed by atoms with Gasteiger partial charge in [0.25, 0.3) is 0 Å². The van der Waals surface area contributed by atoms with Gasteiger partial charge in [0.15, 0.2) is 11.5 Å². The van der Waals surface area contributed by atoms with Crippen molar-refractivity contribution >= 4 is 10.9 Å². The fraction of sp³-hybridized carbons (Fsp3) is 0.500. The Bertz CT molecular complexity index is 609. The van der Waals surface area contributed by atoms with Crippen molar-refractivity contribution in [2.75, 3.05) is 14.2 Å². The summed E-state index contributed by atoms with van der Waals surface area (Å²) in [6, 6.07) is 4.50. The van der Waals surface area contributed by atoms with Gasteiger partial charge in [0.05, 0.1) is 18.7 Å². The molecule has 2 aromatic rings.